The van der Waals surface area contributed by atoms with Gasteiger partial charge in [0, 0.05) is 16.5 Å². The van der Waals surface area contributed by atoms with Crippen molar-refractivity contribution < 1.29 is 32.6 Å². The molecule has 5 N–H and O–H groups in total. The molecule has 30 heavy (non-hydrogen) atoms. The highest BCUT2D eigenvalue weighted by atomic mass is 79.9. The zero-order valence-electron chi connectivity index (χ0n) is 16.0. The minimum atomic E-state index is -4.87. The Labute approximate surface area is 179 Å². The standard InChI is InChI=1S/C19H21BrF3N3O4/c1-9-6-11(20)7-10-8-12(16(19(21,22)23)30-15(9)10)17(27)26-13(18(28)29)4-2-3-5-14(24)25/h6-8,13,16H,2-5H2,1H3,(H3,24,25)(H,26,27)(H,28,29)/t13-,16-/m0/s1. The Morgan fingerprint density at radius 1 is 1.37 bits per heavy atom. The zero-order chi connectivity index (χ0) is 22.6. The lowest BCUT2D eigenvalue weighted by molar-refractivity contribution is -0.185. The van der Waals surface area contributed by atoms with Crippen LogP contribution in [0.1, 0.15) is 36.8 Å². The van der Waals surface area contributed by atoms with Gasteiger partial charge in [-0.3, -0.25) is 10.2 Å². The van der Waals surface area contributed by atoms with Crippen LogP contribution in [0.4, 0.5) is 13.2 Å². The van der Waals surface area contributed by atoms with E-state index in [9.17, 15) is 27.9 Å². The molecule has 1 aliphatic heterocycles. The molecule has 1 aromatic rings. The first kappa shape index (κ1) is 23.7. The fourth-order valence-electron chi connectivity index (χ4n) is 3.04. The van der Waals surface area contributed by atoms with Crippen LogP contribution >= 0.6 is 15.9 Å². The molecule has 1 heterocycles. The van der Waals surface area contributed by atoms with Gasteiger partial charge in [0.2, 0.25) is 6.10 Å². The number of nitrogens with two attached hydrogens (primary N) is 1. The average molecular weight is 492 g/mol. The van der Waals surface area contributed by atoms with E-state index in [1.165, 1.54) is 6.07 Å². The number of carboxylic acid groups (broad SMARTS) is 1. The van der Waals surface area contributed by atoms with E-state index >= 15 is 0 Å². The fourth-order valence-corrected chi connectivity index (χ4v) is 3.63. The summed E-state index contributed by atoms with van der Waals surface area (Å²) in [6.45, 7) is 1.58. The Morgan fingerprint density at radius 2 is 2.03 bits per heavy atom. The Hall–Kier alpha value is -2.56. The molecule has 0 fully saturated rings. The molecule has 0 aliphatic carbocycles. The third kappa shape index (κ3) is 5.97. The molecule has 1 aliphatic rings. The Kier molecular flexibility index (Phi) is 7.51. The van der Waals surface area contributed by atoms with Crippen molar-refractivity contribution in [3.8, 4) is 5.75 Å². The minimum Gasteiger partial charge on any atom is -0.480 e. The predicted molar refractivity (Wildman–Crippen MR) is 107 cm³/mol. The van der Waals surface area contributed by atoms with Gasteiger partial charge in [-0.25, -0.2) is 4.79 Å². The Bertz CT molecular complexity index is 887. The van der Waals surface area contributed by atoms with Crippen LogP contribution in [0, 0.1) is 12.3 Å². The van der Waals surface area contributed by atoms with Crippen molar-refractivity contribution in [3.63, 3.8) is 0 Å². The molecule has 0 saturated heterocycles. The van der Waals surface area contributed by atoms with Gasteiger partial charge < -0.3 is 20.9 Å². The molecule has 1 amide bonds. The third-order valence-corrected chi connectivity index (χ3v) is 4.91. The molecule has 11 heteroatoms. The lowest BCUT2D eigenvalue weighted by Gasteiger charge is -2.30. The number of ether oxygens (including phenoxy) is 1. The molecular weight excluding hydrogens is 471 g/mol. The lowest BCUT2D eigenvalue weighted by Crippen LogP contribution is -2.47. The molecular formula is C19H21BrF3N3O4. The molecule has 0 radical (unpaired) electrons. The molecule has 0 unspecified atom stereocenters. The van der Waals surface area contributed by atoms with Crippen molar-refractivity contribution in [3.05, 3.63) is 33.3 Å². The SMILES string of the molecule is Cc1cc(Br)cc2c1O[C@H](C(F)(F)F)C(C(=O)N[C@@H](CCCCC(=N)N)C(=O)O)=C2. The summed E-state index contributed by atoms with van der Waals surface area (Å²) in [5, 5.41) is 18.6. The molecule has 2 atom stereocenters. The first-order valence-electron chi connectivity index (χ1n) is 9.01. The van der Waals surface area contributed by atoms with E-state index in [-0.39, 0.29) is 30.0 Å². The number of benzene rings is 1. The minimum absolute atomic E-state index is 0.0103. The highest BCUT2D eigenvalue weighted by Gasteiger charge is 2.48. The zero-order valence-corrected chi connectivity index (χ0v) is 17.6. The average Bonchev–Trinajstić information content (AvgIpc) is 2.61. The summed E-state index contributed by atoms with van der Waals surface area (Å²) in [6, 6.07) is 1.72. The Balaban J connectivity index is 2.27. The first-order chi connectivity index (χ1) is 13.9. The maximum atomic E-state index is 13.6. The molecule has 2 rings (SSSR count). The quantitative estimate of drug-likeness (QED) is 0.251. The topological polar surface area (TPSA) is 126 Å². The van der Waals surface area contributed by atoms with Crippen molar-refractivity contribution >= 4 is 39.7 Å². The summed E-state index contributed by atoms with van der Waals surface area (Å²) in [6.07, 6.45) is -5.33. The number of carboxylic acids is 1. The van der Waals surface area contributed by atoms with Crippen molar-refractivity contribution in [1.82, 2.24) is 5.32 Å². The summed E-state index contributed by atoms with van der Waals surface area (Å²) < 4.78 is 46.4. The molecule has 164 valence electrons. The third-order valence-electron chi connectivity index (χ3n) is 4.45. The van der Waals surface area contributed by atoms with Gasteiger partial charge in [-0.05, 0) is 43.5 Å². The van der Waals surface area contributed by atoms with Crippen LogP contribution in [-0.4, -0.2) is 41.1 Å². The van der Waals surface area contributed by atoms with Crippen LogP contribution in [0.3, 0.4) is 0 Å². The number of nitrogens with one attached hydrogen (secondary N) is 2. The summed E-state index contributed by atoms with van der Waals surface area (Å²) in [7, 11) is 0. The second kappa shape index (κ2) is 9.50. The van der Waals surface area contributed by atoms with Crippen LogP contribution in [0.5, 0.6) is 5.75 Å². The van der Waals surface area contributed by atoms with Crippen LogP contribution in [-0.2, 0) is 9.59 Å². The molecule has 0 saturated carbocycles. The number of aliphatic carboxylic acids is 1. The number of carbonyl (C=O) groups excluding carboxylic acids is 1. The number of alkyl halides is 3. The van der Waals surface area contributed by atoms with Crippen molar-refractivity contribution in [2.45, 2.75) is 50.9 Å². The predicted octanol–water partition coefficient (Wildman–Crippen LogP) is 3.53. The van der Waals surface area contributed by atoms with E-state index in [0.717, 1.165) is 6.08 Å². The number of unbranched alkanes of at least 4 members (excludes halogenated alkanes) is 1. The molecule has 0 bridgehead atoms. The number of fused-ring (bicyclic) bond motifs is 1. The molecule has 0 aromatic heterocycles. The van der Waals surface area contributed by atoms with E-state index in [0.29, 0.717) is 22.9 Å². The van der Waals surface area contributed by atoms with Crippen molar-refractivity contribution in [2.75, 3.05) is 0 Å². The lowest BCUT2D eigenvalue weighted by atomic mass is 9.98. The summed E-state index contributed by atoms with van der Waals surface area (Å²) >= 11 is 3.25. The van der Waals surface area contributed by atoms with E-state index in [1.807, 2.05) is 0 Å². The number of carbonyl (C=O) groups is 2. The second-order valence-corrected chi connectivity index (χ2v) is 7.83. The number of hydrogen-bond donors (Lipinski definition) is 4. The normalized spacial score (nSPS) is 16.7. The smallest absolute Gasteiger partial charge is 0.429 e. The number of amides is 1. The van der Waals surface area contributed by atoms with Crippen molar-refractivity contribution in [1.29, 1.82) is 5.41 Å². The molecule has 0 spiro atoms. The number of hydrogen-bond acceptors (Lipinski definition) is 4. The van der Waals surface area contributed by atoms with Gasteiger partial charge in [-0.1, -0.05) is 22.4 Å². The van der Waals surface area contributed by atoms with Gasteiger partial charge in [0.25, 0.3) is 5.91 Å². The van der Waals surface area contributed by atoms with Crippen LogP contribution in [0.2, 0.25) is 0 Å². The first-order valence-corrected chi connectivity index (χ1v) is 9.81. The Morgan fingerprint density at radius 3 is 2.60 bits per heavy atom. The van der Waals surface area contributed by atoms with Gasteiger partial charge in [0.05, 0.1) is 11.4 Å². The van der Waals surface area contributed by atoms with Gasteiger partial charge in [-0.2, -0.15) is 13.2 Å². The largest absolute Gasteiger partial charge is 0.480 e. The van der Waals surface area contributed by atoms with Gasteiger partial charge in [0.15, 0.2) is 0 Å². The van der Waals surface area contributed by atoms with Crippen LogP contribution in [0.25, 0.3) is 6.08 Å². The van der Waals surface area contributed by atoms with Gasteiger partial charge in [-0.15, -0.1) is 0 Å². The molecule has 7 nitrogen and oxygen atoms in total. The van der Waals surface area contributed by atoms with E-state index < -0.39 is 35.8 Å². The highest BCUT2D eigenvalue weighted by molar-refractivity contribution is 9.10. The number of halogens is 4. The summed E-state index contributed by atoms with van der Waals surface area (Å²) in [5.74, 6) is -2.58. The van der Waals surface area contributed by atoms with Crippen LogP contribution < -0.4 is 15.8 Å². The fraction of sp³-hybridized carbons (Fsp3) is 0.421. The number of amidine groups is 1. The van der Waals surface area contributed by atoms with E-state index in [1.54, 1.807) is 13.0 Å². The summed E-state index contributed by atoms with van der Waals surface area (Å²) in [4.78, 5) is 24.1. The van der Waals surface area contributed by atoms with Crippen molar-refractivity contribution in [2.24, 2.45) is 5.73 Å². The number of rotatable bonds is 8. The van der Waals surface area contributed by atoms with Gasteiger partial charge >= 0.3 is 12.1 Å². The van der Waals surface area contributed by atoms with Crippen LogP contribution in [0.15, 0.2) is 22.2 Å². The maximum absolute atomic E-state index is 13.6. The molecule has 1 aromatic carbocycles. The monoisotopic (exact) mass is 491 g/mol. The highest BCUT2D eigenvalue weighted by Crippen LogP contribution is 2.40. The van der Waals surface area contributed by atoms with E-state index in [4.69, 9.17) is 15.9 Å². The van der Waals surface area contributed by atoms with E-state index in [2.05, 4.69) is 21.2 Å². The second-order valence-electron chi connectivity index (χ2n) is 6.92. The summed E-state index contributed by atoms with van der Waals surface area (Å²) in [5.41, 5.74) is 5.24. The maximum Gasteiger partial charge on any atom is 0.429 e. The number of aryl methyl sites for hydroxylation is 1. The van der Waals surface area contributed by atoms with Gasteiger partial charge in [0.1, 0.15) is 11.8 Å².